The average molecular weight is 214 g/mol. The lowest BCUT2D eigenvalue weighted by Gasteiger charge is -2.18. The number of para-hydroxylation sites is 1. The fourth-order valence-corrected chi connectivity index (χ4v) is 2.94. The highest BCUT2D eigenvalue weighted by Crippen LogP contribution is 2.36. The quantitative estimate of drug-likeness (QED) is 0.790. The summed E-state index contributed by atoms with van der Waals surface area (Å²) in [7, 11) is 0. The molecule has 3 N–H and O–H groups in total. The molecule has 1 aromatic carbocycles. The highest BCUT2D eigenvalue weighted by atomic mass is 14.7. The van der Waals surface area contributed by atoms with Crippen molar-refractivity contribution in [1.82, 2.24) is 4.98 Å². The van der Waals surface area contributed by atoms with Crippen molar-refractivity contribution in [3.8, 4) is 0 Å². The maximum atomic E-state index is 6.39. The molecule has 0 bridgehead atoms. The molecule has 1 fully saturated rings. The van der Waals surface area contributed by atoms with Gasteiger partial charge in [-0.2, -0.15) is 0 Å². The van der Waals surface area contributed by atoms with E-state index in [1.54, 1.807) is 0 Å². The van der Waals surface area contributed by atoms with Crippen molar-refractivity contribution < 1.29 is 0 Å². The van der Waals surface area contributed by atoms with Gasteiger partial charge in [0.25, 0.3) is 0 Å². The number of H-pyrrole nitrogens is 1. The number of benzene rings is 1. The SMILES string of the molecule is N[C@@H](c1c[nH]c2ccccc12)C1CCCC1. The van der Waals surface area contributed by atoms with Crippen LogP contribution in [0.2, 0.25) is 0 Å². The molecule has 0 saturated heterocycles. The molecule has 1 aliphatic rings. The van der Waals surface area contributed by atoms with E-state index < -0.39 is 0 Å². The van der Waals surface area contributed by atoms with E-state index in [1.165, 1.54) is 42.1 Å². The Balaban J connectivity index is 1.98. The van der Waals surface area contributed by atoms with Crippen LogP contribution in [0.25, 0.3) is 10.9 Å². The van der Waals surface area contributed by atoms with Crippen molar-refractivity contribution in [3.05, 3.63) is 36.0 Å². The second kappa shape index (κ2) is 3.95. The number of aromatic amines is 1. The maximum Gasteiger partial charge on any atom is 0.0457 e. The van der Waals surface area contributed by atoms with Gasteiger partial charge in [0, 0.05) is 23.1 Å². The zero-order valence-corrected chi connectivity index (χ0v) is 9.45. The van der Waals surface area contributed by atoms with Gasteiger partial charge in [-0.25, -0.2) is 0 Å². The van der Waals surface area contributed by atoms with E-state index in [0.717, 1.165) is 0 Å². The lowest BCUT2D eigenvalue weighted by atomic mass is 9.92. The summed E-state index contributed by atoms with van der Waals surface area (Å²) in [6.45, 7) is 0. The van der Waals surface area contributed by atoms with Crippen LogP contribution in [0.4, 0.5) is 0 Å². The van der Waals surface area contributed by atoms with Crippen molar-refractivity contribution in [2.75, 3.05) is 0 Å². The summed E-state index contributed by atoms with van der Waals surface area (Å²) in [6, 6.07) is 8.62. The molecule has 0 aliphatic heterocycles. The maximum absolute atomic E-state index is 6.39. The van der Waals surface area contributed by atoms with E-state index in [4.69, 9.17) is 5.73 Å². The zero-order valence-electron chi connectivity index (χ0n) is 9.45. The Morgan fingerprint density at radius 3 is 2.75 bits per heavy atom. The van der Waals surface area contributed by atoms with Crippen LogP contribution in [0.1, 0.15) is 37.3 Å². The van der Waals surface area contributed by atoms with E-state index in [2.05, 4.69) is 35.4 Å². The third kappa shape index (κ3) is 1.54. The molecule has 0 radical (unpaired) electrons. The van der Waals surface area contributed by atoms with Gasteiger partial charge < -0.3 is 10.7 Å². The minimum atomic E-state index is 0.207. The van der Waals surface area contributed by atoms with Gasteiger partial charge in [-0.15, -0.1) is 0 Å². The highest BCUT2D eigenvalue weighted by Gasteiger charge is 2.24. The standard InChI is InChI=1S/C14H18N2/c15-14(10-5-1-2-6-10)12-9-16-13-8-4-3-7-11(12)13/h3-4,7-10,14,16H,1-2,5-6,15H2/t14-/m1/s1. The molecule has 1 saturated carbocycles. The predicted molar refractivity (Wildman–Crippen MR) is 67.2 cm³/mol. The van der Waals surface area contributed by atoms with Gasteiger partial charge in [-0.1, -0.05) is 31.0 Å². The van der Waals surface area contributed by atoms with Gasteiger partial charge in [-0.05, 0) is 30.4 Å². The Morgan fingerprint density at radius 2 is 1.94 bits per heavy atom. The van der Waals surface area contributed by atoms with Crippen LogP contribution in [0.5, 0.6) is 0 Å². The third-order valence-electron chi connectivity index (χ3n) is 3.89. The van der Waals surface area contributed by atoms with Gasteiger partial charge in [0.2, 0.25) is 0 Å². The van der Waals surface area contributed by atoms with Crippen molar-refractivity contribution in [1.29, 1.82) is 0 Å². The summed E-state index contributed by atoms with van der Waals surface area (Å²) in [5.74, 6) is 0.680. The van der Waals surface area contributed by atoms with E-state index in [0.29, 0.717) is 5.92 Å². The summed E-state index contributed by atoms with van der Waals surface area (Å²) >= 11 is 0. The summed E-state index contributed by atoms with van der Waals surface area (Å²) in [5.41, 5.74) is 8.88. The first kappa shape index (κ1) is 9.91. The first-order valence-electron chi connectivity index (χ1n) is 6.18. The number of nitrogens with one attached hydrogen (secondary N) is 1. The fourth-order valence-electron chi connectivity index (χ4n) is 2.94. The van der Waals surface area contributed by atoms with Gasteiger partial charge in [0.1, 0.15) is 0 Å². The molecule has 1 aromatic heterocycles. The summed E-state index contributed by atoms with van der Waals surface area (Å²) in [6.07, 6.45) is 7.37. The topological polar surface area (TPSA) is 41.8 Å². The molecule has 84 valence electrons. The van der Waals surface area contributed by atoms with Crippen LogP contribution < -0.4 is 5.73 Å². The van der Waals surface area contributed by atoms with Crippen LogP contribution in [0.15, 0.2) is 30.5 Å². The molecule has 1 atom stereocenters. The Morgan fingerprint density at radius 1 is 1.19 bits per heavy atom. The number of hydrogen-bond acceptors (Lipinski definition) is 1. The second-order valence-corrected chi connectivity index (χ2v) is 4.86. The Hall–Kier alpha value is -1.28. The van der Waals surface area contributed by atoms with Crippen LogP contribution in [0.3, 0.4) is 0 Å². The zero-order chi connectivity index (χ0) is 11.0. The number of fused-ring (bicyclic) bond motifs is 1. The van der Waals surface area contributed by atoms with E-state index in [9.17, 15) is 0 Å². The largest absolute Gasteiger partial charge is 0.361 e. The molecular weight excluding hydrogens is 196 g/mol. The molecule has 1 heterocycles. The molecule has 0 amide bonds. The Labute approximate surface area is 95.8 Å². The van der Waals surface area contributed by atoms with Crippen molar-refractivity contribution >= 4 is 10.9 Å². The Kier molecular flexibility index (Phi) is 2.44. The van der Waals surface area contributed by atoms with Gasteiger partial charge >= 0.3 is 0 Å². The number of aromatic nitrogens is 1. The van der Waals surface area contributed by atoms with Crippen molar-refractivity contribution in [2.24, 2.45) is 11.7 Å². The highest BCUT2D eigenvalue weighted by molar-refractivity contribution is 5.83. The molecule has 0 unspecified atom stereocenters. The number of rotatable bonds is 2. The molecule has 2 heteroatoms. The molecule has 2 nitrogen and oxygen atoms in total. The molecular formula is C14H18N2. The fraction of sp³-hybridized carbons (Fsp3) is 0.429. The minimum absolute atomic E-state index is 0.207. The summed E-state index contributed by atoms with van der Waals surface area (Å²) < 4.78 is 0. The van der Waals surface area contributed by atoms with Gasteiger partial charge in [0.15, 0.2) is 0 Å². The minimum Gasteiger partial charge on any atom is -0.361 e. The molecule has 3 rings (SSSR count). The van der Waals surface area contributed by atoms with Crippen molar-refractivity contribution in [3.63, 3.8) is 0 Å². The van der Waals surface area contributed by atoms with Gasteiger partial charge in [0.05, 0.1) is 0 Å². The average Bonchev–Trinajstić information content (AvgIpc) is 2.98. The van der Waals surface area contributed by atoms with Crippen LogP contribution in [-0.2, 0) is 0 Å². The Bertz CT molecular complexity index is 480. The first-order valence-corrected chi connectivity index (χ1v) is 6.18. The van der Waals surface area contributed by atoms with E-state index in [1.807, 2.05) is 0 Å². The van der Waals surface area contributed by atoms with Crippen LogP contribution >= 0.6 is 0 Å². The number of nitrogens with two attached hydrogens (primary N) is 1. The van der Waals surface area contributed by atoms with Crippen LogP contribution in [-0.4, -0.2) is 4.98 Å². The van der Waals surface area contributed by atoms with E-state index in [-0.39, 0.29) is 6.04 Å². The van der Waals surface area contributed by atoms with Crippen molar-refractivity contribution in [2.45, 2.75) is 31.7 Å². The number of hydrogen-bond donors (Lipinski definition) is 2. The van der Waals surface area contributed by atoms with Gasteiger partial charge in [-0.3, -0.25) is 0 Å². The molecule has 1 aliphatic carbocycles. The molecule has 0 spiro atoms. The monoisotopic (exact) mass is 214 g/mol. The van der Waals surface area contributed by atoms with Crippen LogP contribution in [0, 0.1) is 5.92 Å². The normalized spacial score (nSPS) is 19.3. The summed E-state index contributed by atoms with van der Waals surface area (Å²) in [4.78, 5) is 3.31. The van der Waals surface area contributed by atoms with E-state index >= 15 is 0 Å². The third-order valence-corrected chi connectivity index (χ3v) is 3.89. The smallest absolute Gasteiger partial charge is 0.0457 e. The lowest BCUT2D eigenvalue weighted by Crippen LogP contribution is -2.18. The second-order valence-electron chi connectivity index (χ2n) is 4.86. The summed E-state index contributed by atoms with van der Waals surface area (Å²) in [5, 5.41) is 1.29. The molecule has 16 heavy (non-hydrogen) atoms. The first-order chi connectivity index (χ1) is 7.86. The molecule has 2 aromatic rings. The predicted octanol–water partition coefficient (Wildman–Crippen LogP) is 3.36. The lowest BCUT2D eigenvalue weighted by molar-refractivity contribution is 0.447.